The predicted octanol–water partition coefficient (Wildman–Crippen LogP) is 3.34. The van der Waals surface area contributed by atoms with Gasteiger partial charge in [-0.1, -0.05) is 6.07 Å². The van der Waals surface area contributed by atoms with Gasteiger partial charge < -0.3 is 11.1 Å². The first-order valence-corrected chi connectivity index (χ1v) is 6.07. The van der Waals surface area contributed by atoms with Gasteiger partial charge in [0.05, 0.1) is 5.56 Å². The van der Waals surface area contributed by atoms with Gasteiger partial charge in [-0.3, -0.25) is 4.98 Å². The Bertz CT molecular complexity index is 568. The van der Waals surface area contributed by atoms with E-state index in [-0.39, 0.29) is 11.4 Å². The smallest absolute Gasteiger partial charge is 0.399 e. The number of rotatable bonds is 4. The number of nitrogens with zero attached hydrogens (tertiary/aromatic N) is 1. The molecular weight excluding hydrogens is 267 g/mol. The molecule has 0 fully saturated rings. The third kappa shape index (κ3) is 3.63. The number of alkyl halides is 3. The Kier molecular flexibility index (Phi) is 4.12. The molecule has 106 valence electrons. The molecule has 2 rings (SSSR count). The lowest BCUT2D eigenvalue weighted by Crippen LogP contribution is -2.13. The third-order valence-corrected chi connectivity index (χ3v) is 2.77. The second-order valence-electron chi connectivity index (χ2n) is 4.30. The number of anilines is 2. The summed E-state index contributed by atoms with van der Waals surface area (Å²) in [6.45, 7) is 0.365. The van der Waals surface area contributed by atoms with Crippen molar-refractivity contribution in [3.8, 4) is 0 Å². The van der Waals surface area contributed by atoms with Crippen LogP contribution in [-0.4, -0.2) is 11.5 Å². The lowest BCUT2D eigenvalue weighted by Gasteiger charge is -2.15. The van der Waals surface area contributed by atoms with E-state index in [9.17, 15) is 13.2 Å². The van der Waals surface area contributed by atoms with Gasteiger partial charge in [0.2, 0.25) is 0 Å². The number of pyridine rings is 1. The highest BCUT2D eigenvalue weighted by Gasteiger charge is 2.33. The van der Waals surface area contributed by atoms with E-state index in [2.05, 4.69) is 10.3 Å². The van der Waals surface area contributed by atoms with Gasteiger partial charge in [0.25, 0.3) is 0 Å². The van der Waals surface area contributed by atoms with Crippen molar-refractivity contribution in [1.82, 2.24) is 4.98 Å². The Balaban J connectivity index is 2.06. The van der Waals surface area contributed by atoms with Gasteiger partial charge in [0, 0.05) is 36.2 Å². The molecule has 0 bridgehead atoms. The first-order valence-electron chi connectivity index (χ1n) is 6.07. The van der Waals surface area contributed by atoms with Crippen LogP contribution in [0.4, 0.5) is 24.5 Å². The summed E-state index contributed by atoms with van der Waals surface area (Å²) in [5.41, 5.74) is 5.60. The Morgan fingerprint density at radius 1 is 1.15 bits per heavy atom. The minimum atomic E-state index is -4.43. The van der Waals surface area contributed by atoms with Gasteiger partial charge in [-0.2, -0.15) is 13.2 Å². The van der Waals surface area contributed by atoms with Gasteiger partial charge in [-0.15, -0.1) is 0 Å². The molecule has 0 saturated heterocycles. The number of aromatic nitrogens is 1. The van der Waals surface area contributed by atoms with Crippen molar-refractivity contribution in [3.63, 3.8) is 0 Å². The van der Waals surface area contributed by atoms with Crippen molar-refractivity contribution in [2.24, 2.45) is 0 Å². The summed E-state index contributed by atoms with van der Waals surface area (Å²) >= 11 is 0. The number of benzene rings is 1. The highest BCUT2D eigenvalue weighted by Crippen LogP contribution is 2.35. The van der Waals surface area contributed by atoms with Crippen LogP contribution < -0.4 is 11.1 Å². The van der Waals surface area contributed by atoms with E-state index in [1.807, 2.05) is 12.1 Å². The zero-order chi connectivity index (χ0) is 14.6. The monoisotopic (exact) mass is 281 g/mol. The Hall–Kier alpha value is -2.24. The maximum Gasteiger partial charge on any atom is 0.418 e. The van der Waals surface area contributed by atoms with Crippen LogP contribution >= 0.6 is 0 Å². The van der Waals surface area contributed by atoms with Gasteiger partial charge in [-0.25, -0.2) is 0 Å². The number of hydrogen-bond donors (Lipinski definition) is 2. The maximum atomic E-state index is 12.9. The lowest BCUT2D eigenvalue weighted by atomic mass is 10.1. The zero-order valence-electron chi connectivity index (χ0n) is 10.6. The summed E-state index contributed by atoms with van der Waals surface area (Å²) in [6.07, 6.45) is -2.23. The summed E-state index contributed by atoms with van der Waals surface area (Å²) < 4.78 is 38.6. The molecule has 0 unspecified atom stereocenters. The van der Waals surface area contributed by atoms with Crippen molar-refractivity contribution in [2.75, 3.05) is 17.6 Å². The standard InChI is InChI=1S/C14H14F3N3/c15-14(16,17)12-9-10(18)4-5-13(12)20-8-6-11-3-1-2-7-19-11/h1-5,7,9,20H,6,8,18H2. The minimum Gasteiger partial charge on any atom is -0.399 e. The quantitative estimate of drug-likeness (QED) is 0.845. The van der Waals surface area contributed by atoms with Crippen molar-refractivity contribution in [3.05, 3.63) is 53.9 Å². The van der Waals surface area contributed by atoms with E-state index < -0.39 is 11.7 Å². The summed E-state index contributed by atoms with van der Waals surface area (Å²) in [5, 5.41) is 2.78. The number of hydrogen-bond acceptors (Lipinski definition) is 3. The first-order chi connectivity index (χ1) is 9.47. The SMILES string of the molecule is Nc1ccc(NCCc2ccccn2)c(C(F)(F)F)c1. The number of nitrogens with two attached hydrogens (primary N) is 1. The molecule has 0 atom stereocenters. The highest BCUT2D eigenvalue weighted by atomic mass is 19.4. The normalized spacial score (nSPS) is 11.3. The van der Waals surface area contributed by atoms with Crippen LogP contribution in [0.15, 0.2) is 42.6 Å². The van der Waals surface area contributed by atoms with Crippen molar-refractivity contribution in [1.29, 1.82) is 0 Å². The summed E-state index contributed by atoms with van der Waals surface area (Å²) in [4.78, 5) is 4.11. The molecule has 3 nitrogen and oxygen atoms in total. The van der Waals surface area contributed by atoms with Crippen molar-refractivity contribution >= 4 is 11.4 Å². The second kappa shape index (κ2) is 5.81. The molecule has 0 spiro atoms. The molecule has 3 N–H and O–H groups in total. The number of nitrogens with one attached hydrogen (secondary N) is 1. The van der Waals surface area contributed by atoms with Crippen LogP contribution in [0.1, 0.15) is 11.3 Å². The molecule has 1 aromatic heterocycles. The van der Waals surface area contributed by atoms with E-state index in [1.165, 1.54) is 12.1 Å². The molecule has 2 aromatic rings. The molecule has 0 aliphatic rings. The largest absolute Gasteiger partial charge is 0.418 e. The Labute approximate surface area is 114 Å². The average Bonchev–Trinajstić information content (AvgIpc) is 2.40. The Morgan fingerprint density at radius 2 is 1.95 bits per heavy atom. The molecule has 0 saturated carbocycles. The first kappa shape index (κ1) is 14.2. The summed E-state index contributed by atoms with van der Waals surface area (Å²) in [5.74, 6) is 0. The van der Waals surface area contributed by atoms with Crippen molar-refractivity contribution in [2.45, 2.75) is 12.6 Å². The molecule has 1 aromatic carbocycles. The fraction of sp³-hybridized carbons (Fsp3) is 0.214. The van der Waals surface area contributed by atoms with Crippen LogP contribution in [0, 0.1) is 0 Å². The third-order valence-electron chi connectivity index (χ3n) is 2.77. The minimum absolute atomic E-state index is 0.0302. The molecule has 0 radical (unpaired) electrons. The zero-order valence-corrected chi connectivity index (χ0v) is 10.6. The lowest BCUT2D eigenvalue weighted by molar-refractivity contribution is -0.136. The van der Waals surface area contributed by atoms with Crippen LogP contribution in [0.2, 0.25) is 0 Å². The van der Waals surface area contributed by atoms with E-state index in [1.54, 1.807) is 12.3 Å². The van der Waals surface area contributed by atoms with E-state index in [0.29, 0.717) is 13.0 Å². The van der Waals surface area contributed by atoms with Crippen LogP contribution in [-0.2, 0) is 12.6 Å². The van der Waals surface area contributed by atoms with Crippen LogP contribution in [0.5, 0.6) is 0 Å². The molecule has 1 heterocycles. The fourth-order valence-corrected chi connectivity index (χ4v) is 1.82. The fourth-order valence-electron chi connectivity index (χ4n) is 1.82. The van der Waals surface area contributed by atoms with Gasteiger partial charge in [0.1, 0.15) is 0 Å². The van der Waals surface area contributed by atoms with Gasteiger partial charge in [-0.05, 0) is 30.3 Å². The Morgan fingerprint density at radius 3 is 2.60 bits per heavy atom. The summed E-state index contributed by atoms with van der Waals surface area (Å²) in [7, 11) is 0. The molecule has 0 aliphatic heterocycles. The number of nitrogen functional groups attached to an aromatic ring is 1. The molecular formula is C14H14F3N3. The van der Waals surface area contributed by atoms with Crippen LogP contribution in [0.3, 0.4) is 0 Å². The second-order valence-corrected chi connectivity index (χ2v) is 4.30. The van der Waals surface area contributed by atoms with E-state index in [0.717, 1.165) is 11.8 Å². The molecule has 0 amide bonds. The van der Waals surface area contributed by atoms with Crippen LogP contribution in [0.25, 0.3) is 0 Å². The summed E-state index contributed by atoms with van der Waals surface area (Å²) in [6, 6.07) is 9.18. The maximum absolute atomic E-state index is 12.9. The molecule has 6 heteroatoms. The number of halogens is 3. The van der Waals surface area contributed by atoms with Gasteiger partial charge >= 0.3 is 6.18 Å². The van der Waals surface area contributed by atoms with E-state index in [4.69, 9.17) is 5.73 Å². The molecule has 0 aliphatic carbocycles. The van der Waals surface area contributed by atoms with Crippen molar-refractivity contribution < 1.29 is 13.2 Å². The predicted molar refractivity (Wildman–Crippen MR) is 72.3 cm³/mol. The van der Waals surface area contributed by atoms with Gasteiger partial charge in [0.15, 0.2) is 0 Å². The topological polar surface area (TPSA) is 50.9 Å². The molecule has 20 heavy (non-hydrogen) atoms. The average molecular weight is 281 g/mol. The van der Waals surface area contributed by atoms with E-state index >= 15 is 0 Å². The highest BCUT2D eigenvalue weighted by molar-refractivity contribution is 5.59.